The molecule has 0 saturated carbocycles. The van der Waals surface area contributed by atoms with Gasteiger partial charge in [0.2, 0.25) is 0 Å². The Kier molecular flexibility index (Phi) is 5.15. The van der Waals surface area contributed by atoms with Crippen LogP contribution in [0.3, 0.4) is 0 Å². The minimum absolute atomic E-state index is 0.341. The molecule has 0 aliphatic rings. The SMILES string of the molecule is CCC(C)(C)OC(=O)c1cccc(C(=O)OC(C)(C)C)c1. The molecule has 116 valence electrons. The van der Waals surface area contributed by atoms with Gasteiger partial charge in [0.1, 0.15) is 11.2 Å². The molecule has 0 heterocycles. The van der Waals surface area contributed by atoms with Gasteiger partial charge < -0.3 is 9.47 Å². The number of ether oxygens (including phenoxy) is 2. The van der Waals surface area contributed by atoms with Gasteiger partial charge in [-0.1, -0.05) is 13.0 Å². The molecule has 0 N–H and O–H groups in total. The predicted octanol–water partition coefficient (Wildman–Crippen LogP) is 3.99. The third kappa shape index (κ3) is 5.58. The standard InChI is InChI=1S/C17H24O4/c1-7-17(5,6)21-15(19)13-10-8-9-12(11-13)14(18)20-16(2,3)4/h8-11H,7H2,1-6H3. The van der Waals surface area contributed by atoms with Crippen LogP contribution in [-0.2, 0) is 9.47 Å². The summed E-state index contributed by atoms with van der Waals surface area (Å²) >= 11 is 0. The fourth-order valence-corrected chi connectivity index (χ4v) is 1.49. The first-order chi connectivity index (χ1) is 9.54. The zero-order chi connectivity index (χ0) is 16.3. The van der Waals surface area contributed by atoms with E-state index in [4.69, 9.17) is 9.47 Å². The molecule has 4 heteroatoms. The third-order valence-electron chi connectivity index (χ3n) is 2.95. The number of carbonyl (C=O) groups excluding carboxylic acids is 2. The first kappa shape index (κ1) is 17.2. The lowest BCUT2D eigenvalue weighted by molar-refractivity contribution is -0.00243. The van der Waals surface area contributed by atoms with E-state index in [1.54, 1.807) is 39.0 Å². The Bertz CT molecular complexity index is 524. The fourth-order valence-electron chi connectivity index (χ4n) is 1.49. The first-order valence-corrected chi connectivity index (χ1v) is 7.11. The van der Waals surface area contributed by atoms with Crippen LogP contribution in [0.5, 0.6) is 0 Å². The van der Waals surface area contributed by atoms with Gasteiger partial charge in [0.15, 0.2) is 0 Å². The molecule has 0 fully saturated rings. The van der Waals surface area contributed by atoms with Gasteiger partial charge >= 0.3 is 11.9 Å². The molecule has 0 spiro atoms. The number of rotatable bonds is 4. The molecule has 0 aromatic heterocycles. The normalized spacial score (nSPS) is 11.9. The van der Waals surface area contributed by atoms with Gasteiger partial charge in [-0.15, -0.1) is 0 Å². The second-order valence-corrected chi connectivity index (χ2v) is 6.59. The van der Waals surface area contributed by atoms with Gasteiger partial charge in [0.05, 0.1) is 11.1 Å². The summed E-state index contributed by atoms with van der Waals surface area (Å²) < 4.78 is 10.7. The Hall–Kier alpha value is -1.84. The van der Waals surface area contributed by atoms with Crippen LogP contribution in [0.15, 0.2) is 24.3 Å². The van der Waals surface area contributed by atoms with E-state index in [1.807, 2.05) is 20.8 Å². The molecule has 21 heavy (non-hydrogen) atoms. The molecule has 4 nitrogen and oxygen atoms in total. The van der Waals surface area contributed by atoms with Gasteiger partial charge in [-0.3, -0.25) is 0 Å². The van der Waals surface area contributed by atoms with Crippen molar-refractivity contribution in [1.29, 1.82) is 0 Å². The van der Waals surface area contributed by atoms with Crippen molar-refractivity contribution in [3.63, 3.8) is 0 Å². The molecule has 0 amide bonds. The van der Waals surface area contributed by atoms with E-state index >= 15 is 0 Å². The van der Waals surface area contributed by atoms with Gasteiger partial charge in [-0.25, -0.2) is 9.59 Å². The summed E-state index contributed by atoms with van der Waals surface area (Å²) in [5, 5.41) is 0. The van der Waals surface area contributed by atoms with Crippen LogP contribution >= 0.6 is 0 Å². The average Bonchev–Trinajstić information content (AvgIpc) is 2.36. The number of benzene rings is 1. The van der Waals surface area contributed by atoms with E-state index in [-0.39, 0.29) is 0 Å². The number of hydrogen-bond donors (Lipinski definition) is 0. The van der Waals surface area contributed by atoms with Crippen molar-refractivity contribution in [2.24, 2.45) is 0 Å². The van der Waals surface area contributed by atoms with E-state index in [0.717, 1.165) is 0 Å². The Labute approximate surface area is 126 Å². The van der Waals surface area contributed by atoms with Crippen molar-refractivity contribution in [2.75, 3.05) is 0 Å². The summed E-state index contributed by atoms with van der Waals surface area (Å²) in [7, 11) is 0. The van der Waals surface area contributed by atoms with Crippen molar-refractivity contribution in [3.05, 3.63) is 35.4 Å². The number of hydrogen-bond acceptors (Lipinski definition) is 4. The van der Waals surface area contributed by atoms with E-state index in [1.165, 1.54) is 6.07 Å². The second kappa shape index (κ2) is 6.29. The van der Waals surface area contributed by atoms with Crippen molar-refractivity contribution < 1.29 is 19.1 Å². The van der Waals surface area contributed by atoms with Gasteiger partial charge in [0, 0.05) is 0 Å². The van der Waals surface area contributed by atoms with Crippen LogP contribution in [0, 0.1) is 0 Å². The highest BCUT2D eigenvalue weighted by Gasteiger charge is 2.23. The zero-order valence-electron chi connectivity index (χ0n) is 13.6. The molecule has 0 saturated heterocycles. The smallest absolute Gasteiger partial charge is 0.338 e. The summed E-state index contributed by atoms with van der Waals surface area (Å²) in [6.45, 7) is 11.0. The topological polar surface area (TPSA) is 52.6 Å². The van der Waals surface area contributed by atoms with Crippen molar-refractivity contribution in [1.82, 2.24) is 0 Å². The molecule has 0 unspecified atom stereocenters. The molecule has 0 atom stereocenters. The highest BCUT2D eigenvalue weighted by atomic mass is 16.6. The van der Waals surface area contributed by atoms with Crippen molar-refractivity contribution in [3.8, 4) is 0 Å². The van der Waals surface area contributed by atoms with Gasteiger partial charge in [0.25, 0.3) is 0 Å². The Morgan fingerprint density at radius 3 is 1.86 bits per heavy atom. The van der Waals surface area contributed by atoms with Crippen LogP contribution in [0.25, 0.3) is 0 Å². The lowest BCUT2D eigenvalue weighted by Gasteiger charge is -2.23. The number of esters is 2. The third-order valence-corrected chi connectivity index (χ3v) is 2.95. The quantitative estimate of drug-likeness (QED) is 0.787. The van der Waals surface area contributed by atoms with Crippen LogP contribution < -0.4 is 0 Å². The maximum absolute atomic E-state index is 12.1. The molecule has 0 aliphatic carbocycles. The molecular formula is C17H24O4. The van der Waals surface area contributed by atoms with Crippen LogP contribution in [0.2, 0.25) is 0 Å². The minimum atomic E-state index is -0.572. The zero-order valence-corrected chi connectivity index (χ0v) is 13.6. The van der Waals surface area contributed by atoms with Crippen LogP contribution in [0.1, 0.15) is 68.7 Å². The maximum Gasteiger partial charge on any atom is 0.338 e. The highest BCUT2D eigenvalue weighted by Crippen LogP contribution is 2.18. The minimum Gasteiger partial charge on any atom is -0.456 e. The Balaban J connectivity index is 2.91. The van der Waals surface area contributed by atoms with E-state index in [9.17, 15) is 9.59 Å². The summed E-state index contributed by atoms with van der Waals surface area (Å²) in [6, 6.07) is 6.40. The van der Waals surface area contributed by atoms with Crippen molar-refractivity contribution in [2.45, 2.75) is 59.2 Å². The van der Waals surface area contributed by atoms with Crippen LogP contribution in [0.4, 0.5) is 0 Å². The summed E-state index contributed by atoms with van der Waals surface area (Å²) in [5.74, 6) is -0.890. The van der Waals surface area contributed by atoms with Gasteiger partial charge in [-0.05, 0) is 59.2 Å². The molecule has 0 aliphatic heterocycles. The Morgan fingerprint density at radius 2 is 1.43 bits per heavy atom. The van der Waals surface area contributed by atoms with Crippen LogP contribution in [-0.4, -0.2) is 23.1 Å². The van der Waals surface area contributed by atoms with E-state index in [0.29, 0.717) is 17.5 Å². The summed E-state index contributed by atoms with van der Waals surface area (Å²) in [5.41, 5.74) is -0.412. The predicted molar refractivity (Wildman–Crippen MR) is 81.4 cm³/mol. The maximum atomic E-state index is 12.1. The lowest BCUT2D eigenvalue weighted by atomic mass is 10.1. The first-order valence-electron chi connectivity index (χ1n) is 7.11. The molecule has 1 aromatic rings. The second-order valence-electron chi connectivity index (χ2n) is 6.59. The monoisotopic (exact) mass is 292 g/mol. The lowest BCUT2D eigenvalue weighted by Crippen LogP contribution is -2.27. The van der Waals surface area contributed by atoms with Crippen molar-refractivity contribution >= 4 is 11.9 Å². The Morgan fingerprint density at radius 1 is 0.952 bits per heavy atom. The highest BCUT2D eigenvalue weighted by molar-refractivity contribution is 5.95. The molecular weight excluding hydrogens is 268 g/mol. The average molecular weight is 292 g/mol. The number of carbonyl (C=O) groups is 2. The molecule has 0 radical (unpaired) electrons. The molecule has 1 aromatic carbocycles. The van der Waals surface area contributed by atoms with E-state index < -0.39 is 23.1 Å². The molecule has 1 rings (SSSR count). The largest absolute Gasteiger partial charge is 0.456 e. The summed E-state index contributed by atoms with van der Waals surface area (Å²) in [6.07, 6.45) is 0.713. The fraction of sp³-hybridized carbons (Fsp3) is 0.529. The molecule has 0 bridgehead atoms. The van der Waals surface area contributed by atoms with E-state index in [2.05, 4.69) is 0 Å². The summed E-state index contributed by atoms with van der Waals surface area (Å²) in [4.78, 5) is 24.1. The van der Waals surface area contributed by atoms with Gasteiger partial charge in [-0.2, -0.15) is 0 Å².